The van der Waals surface area contributed by atoms with Gasteiger partial charge < -0.3 is 18.8 Å². The van der Waals surface area contributed by atoms with Gasteiger partial charge in [-0.1, -0.05) is 268 Å². The summed E-state index contributed by atoms with van der Waals surface area (Å²) < 4.78 is 9.60. The van der Waals surface area contributed by atoms with Gasteiger partial charge in [-0.25, -0.2) is 0 Å². The minimum atomic E-state index is -0.311. The van der Waals surface area contributed by atoms with Crippen LogP contribution in [0.5, 0.6) is 0 Å². The summed E-state index contributed by atoms with van der Waals surface area (Å²) in [5.41, 5.74) is 30.9. The Hall–Kier alpha value is -10.1. The van der Waals surface area contributed by atoms with Crippen molar-refractivity contribution >= 4 is 101 Å². The fraction of sp³-hybridized carbons (Fsp3) is 0.217. The minimum Gasteiger partial charge on any atom is -0.456 e. The summed E-state index contributed by atoms with van der Waals surface area (Å²) in [6.07, 6.45) is 0. The number of hydrogen-bond donors (Lipinski definition) is 0. The van der Waals surface area contributed by atoms with E-state index >= 15 is 0 Å². The Morgan fingerprint density at radius 3 is 1.29 bits per heavy atom. The molecule has 0 N–H and O–H groups in total. The Morgan fingerprint density at radius 2 is 0.742 bits per heavy atom. The van der Waals surface area contributed by atoms with Crippen molar-refractivity contribution in [3.63, 3.8) is 0 Å². The van der Waals surface area contributed by atoms with Crippen LogP contribution >= 0.6 is 0 Å². The molecular weight excluding hydrogens is 1170 g/mol. The molecule has 4 nitrogen and oxygen atoms in total. The quantitative estimate of drug-likeness (QED) is 0.149. The van der Waals surface area contributed by atoms with Crippen LogP contribution in [0, 0.1) is 0 Å². The second kappa shape index (κ2) is 22.2. The number of rotatable bonds is 7. The third-order valence-electron chi connectivity index (χ3n) is 20.9. The molecule has 0 spiro atoms. The number of fused-ring (bicyclic) bond motifs is 10. The molecule has 0 bridgehead atoms. The van der Waals surface area contributed by atoms with Crippen molar-refractivity contribution < 1.29 is 4.42 Å². The first-order valence-corrected chi connectivity index (χ1v) is 34.8. The van der Waals surface area contributed by atoms with E-state index in [1.807, 2.05) is 0 Å². The summed E-state index contributed by atoms with van der Waals surface area (Å²) in [6, 6.07) is 95.2. The van der Waals surface area contributed by atoms with Crippen LogP contribution in [0.1, 0.15) is 132 Å². The number of furan rings is 1. The summed E-state index contributed by atoms with van der Waals surface area (Å²) in [4.78, 5) is 5.40. The highest BCUT2D eigenvalue weighted by Crippen LogP contribution is 2.56. The molecule has 16 rings (SSSR count). The molecule has 0 amide bonds. The number of anilines is 6. The number of aromatic nitrogens is 1. The van der Waals surface area contributed by atoms with Crippen molar-refractivity contribution in [1.82, 2.24) is 4.57 Å². The number of hydrogen-bond acceptors (Lipinski definition) is 3. The van der Waals surface area contributed by atoms with Crippen LogP contribution in [0.15, 0.2) is 253 Å². The van der Waals surface area contributed by atoms with Crippen LogP contribution in [0.4, 0.5) is 34.1 Å². The van der Waals surface area contributed by atoms with E-state index in [0.29, 0.717) is 0 Å². The third kappa shape index (κ3) is 10.3. The Labute approximate surface area is 574 Å². The van der Waals surface area contributed by atoms with Crippen LogP contribution < -0.4 is 26.2 Å². The summed E-state index contributed by atoms with van der Waals surface area (Å²) >= 11 is 0. The fourth-order valence-corrected chi connectivity index (χ4v) is 15.5. The Bertz CT molecular complexity index is 5350. The van der Waals surface area contributed by atoms with Crippen LogP contribution in [-0.2, 0) is 27.1 Å². The predicted octanol–water partition coefficient (Wildman–Crippen LogP) is 23.9. The predicted molar refractivity (Wildman–Crippen MR) is 417 cm³/mol. The van der Waals surface area contributed by atoms with Gasteiger partial charge in [0.25, 0.3) is 6.71 Å². The van der Waals surface area contributed by atoms with E-state index in [-0.39, 0.29) is 33.8 Å². The summed E-state index contributed by atoms with van der Waals surface area (Å²) in [7, 11) is 0. The van der Waals surface area contributed by atoms with E-state index in [1.165, 1.54) is 99.4 Å². The first kappa shape index (κ1) is 61.8. The van der Waals surface area contributed by atoms with Gasteiger partial charge in [0.1, 0.15) is 11.2 Å². The van der Waals surface area contributed by atoms with Crippen molar-refractivity contribution in [1.29, 1.82) is 0 Å². The summed E-state index contributed by atoms with van der Waals surface area (Å²) in [5.74, 6) is 0. The van der Waals surface area contributed by atoms with E-state index in [9.17, 15) is 0 Å². The van der Waals surface area contributed by atoms with Gasteiger partial charge in [0.05, 0.1) is 27.8 Å². The molecule has 0 fully saturated rings. The van der Waals surface area contributed by atoms with Gasteiger partial charge in [-0.2, -0.15) is 0 Å². The molecule has 0 atom stereocenters. The Balaban J connectivity index is 1.09. The highest BCUT2D eigenvalue weighted by atomic mass is 16.3. The molecule has 4 heterocycles. The first-order chi connectivity index (χ1) is 46.3. The van der Waals surface area contributed by atoms with Gasteiger partial charge in [-0.15, -0.1) is 0 Å². The van der Waals surface area contributed by atoms with Gasteiger partial charge >= 0.3 is 0 Å². The van der Waals surface area contributed by atoms with Gasteiger partial charge in [0.2, 0.25) is 0 Å². The average molecular weight is 1260 g/mol. The van der Waals surface area contributed by atoms with E-state index in [2.05, 4.69) is 367 Å². The normalized spacial score (nSPS) is 13.5. The smallest absolute Gasteiger partial charge is 0.252 e. The van der Waals surface area contributed by atoms with Crippen LogP contribution in [0.25, 0.3) is 93.9 Å². The number of nitrogens with zero attached hydrogens (tertiary/aromatic N) is 3. The van der Waals surface area contributed by atoms with Crippen LogP contribution in [-0.4, -0.2) is 11.3 Å². The molecule has 0 saturated heterocycles. The SMILES string of the molecule is CC(C)(C)c1cccc(-c2ccc3c(c2)N(c2c(-c4ccccc4)cc(C(C)(C)C)cc2-c2ccccc2)c2cc(C(C)(C)C)cc4c2B3c2ccc(-n3c5ccc(C(C)(C)C)cc5c5cc(C(C)(C)C)ccc53)cc2N4c2c(-c3ccccc3)ccc3oc4ccccc4c23)c1. The molecule has 0 aliphatic carbocycles. The summed E-state index contributed by atoms with van der Waals surface area (Å²) in [5, 5.41) is 4.68. The molecule has 2 aliphatic rings. The lowest BCUT2D eigenvalue weighted by molar-refractivity contribution is 0.590. The lowest BCUT2D eigenvalue weighted by Crippen LogP contribution is -2.61. The molecule has 5 heteroatoms. The monoisotopic (exact) mass is 1260 g/mol. The topological polar surface area (TPSA) is 24.6 Å². The second-order valence-corrected chi connectivity index (χ2v) is 32.6. The summed E-state index contributed by atoms with van der Waals surface area (Å²) in [6.45, 7) is 34.9. The molecule has 14 aromatic rings. The van der Waals surface area contributed by atoms with E-state index in [1.54, 1.807) is 0 Å². The maximum atomic E-state index is 7.05. The molecule has 97 heavy (non-hydrogen) atoms. The maximum Gasteiger partial charge on any atom is 0.252 e. The van der Waals surface area contributed by atoms with Gasteiger partial charge in [-0.05, 0) is 184 Å². The zero-order valence-electron chi connectivity index (χ0n) is 59.0. The Kier molecular flexibility index (Phi) is 14.2. The molecular formula is C92H86BN3O. The van der Waals surface area contributed by atoms with Crippen molar-refractivity contribution in [2.75, 3.05) is 9.80 Å². The third-order valence-corrected chi connectivity index (χ3v) is 20.9. The van der Waals surface area contributed by atoms with E-state index < -0.39 is 0 Å². The number of benzene rings is 12. The highest BCUT2D eigenvalue weighted by Gasteiger charge is 2.46. The Morgan fingerprint density at radius 1 is 0.289 bits per heavy atom. The standard InChI is InChI=1S/C92H86BN3O/c1-88(2,3)62-35-27-34-60(48-62)61-38-43-74-78(49-61)95(86-70(58-30-21-17-22-31-58)52-65(91(10,11)12)53-71(86)59-32-23-18-24-33-59)80-54-66(92(13,14)15)55-81-85(80)93(74)75-44-41-67(94-76-45-39-63(89(4,5)6)50-72(76)73-51-64(90(7,8)9)40-46-77(73)94)56-79(75)96(81)87-68(57-28-19-16-20-29-57)42-47-83-84(87)69-36-25-26-37-82(69)97-83/h16-56H,1-15H3. The molecule has 478 valence electrons. The van der Waals surface area contributed by atoms with Crippen molar-refractivity contribution in [2.24, 2.45) is 0 Å². The lowest BCUT2D eigenvalue weighted by Gasteiger charge is -2.46. The molecule has 12 aromatic carbocycles. The molecule has 0 radical (unpaired) electrons. The minimum absolute atomic E-state index is 0.0470. The van der Waals surface area contributed by atoms with E-state index in [0.717, 1.165) is 72.9 Å². The van der Waals surface area contributed by atoms with Crippen molar-refractivity contribution in [3.05, 3.63) is 277 Å². The molecule has 0 unspecified atom stereocenters. The zero-order chi connectivity index (χ0) is 67.4. The lowest BCUT2D eigenvalue weighted by atomic mass is 9.33. The molecule has 2 aromatic heterocycles. The average Bonchev–Trinajstić information content (AvgIpc) is 0.755. The molecule has 0 saturated carbocycles. The van der Waals surface area contributed by atoms with Crippen LogP contribution in [0.2, 0.25) is 0 Å². The van der Waals surface area contributed by atoms with Gasteiger partial charge in [-0.3, -0.25) is 0 Å². The first-order valence-electron chi connectivity index (χ1n) is 34.8. The molecule has 2 aliphatic heterocycles. The largest absolute Gasteiger partial charge is 0.456 e. The number of para-hydroxylation sites is 1. The maximum absolute atomic E-state index is 7.05. The van der Waals surface area contributed by atoms with E-state index in [4.69, 9.17) is 4.42 Å². The van der Waals surface area contributed by atoms with Gasteiger partial charge in [0.15, 0.2) is 0 Å². The highest BCUT2D eigenvalue weighted by molar-refractivity contribution is 7.00. The van der Waals surface area contributed by atoms with Crippen molar-refractivity contribution in [3.8, 4) is 50.2 Å². The second-order valence-electron chi connectivity index (χ2n) is 32.6. The zero-order valence-corrected chi connectivity index (χ0v) is 59.0. The fourth-order valence-electron chi connectivity index (χ4n) is 15.5. The van der Waals surface area contributed by atoms with Crippen LogP contribution in [0.3, 0.4) is 0 Å². The van der Waals surface area contributed by atoms with Crippen molar-refractivity contribution in [2.45, 2.75) is 131 Å². The van der Waals surface area contributed by atoms with Gasteiger partial charge in [0, 0.05) is 61.3 Å².